The van der Waals surface area contributed by atoms with E-state index in [1.165, 1.54) is 5.56 Å². The lowest BCUT2D eigenvalue weighted by molar-refractivity contribution is 0.318. The first-order valence-corrected chi connectivity index (χ1v) is 9.52. The van der Waals surface area contributed by atoms with E-state index in [9.17, 15) is 0 Å². The highest BCUT2D eigenvalue weighted by atomic mass is 32.2. The number of hydrogen-bond donors (Lipinski definition) is 0. The van der Waals surface area contributed by atoms with E-state index < -0.39 is 0 Å². The minimum absolute atomic E-state index is 0.669. The van der Waals surface area contributed by atoms with Crippen LogP contribution in [0, 0.1) is 6.92 Å². The number of nitrogens with zero attached hydrogens (tertiary/aromatic N) is 3. The fourth-order valence-electron chi connectivity index (χ4n) is 2.56. The zero-order chi connectivity index (χ0) is 18.4. The largest absolute Gasteiger partial charge is 0.497 e. The summed E-state index contributed by atoms with van der Waals surface area (Å²) in [6, 6.07) is 16.0. The van der Waals surface area contributed by atoms with Crippen LogP contribution < -0.4 is 9.47 Å². The third-order valence-corrected chi connectivity index (χ3v) is 5.07. The summed E-state index contributed by atoms with van der Waals surface area (Å²) < 4.78 is 12.9. The minimum Gasteiger partial charge on any atom is -0.497 e. The molecule has 0 amide bonds. The molecule has 0 atom stereocenters. The van der Waals surface area contributed by atoms with Crippen molar-refractivity contribution in [1.82, 2.24) is 14.8 Å². The molecule has 5 nitrogen and oxygen atoms in total. The van der Waals surface area contributed by atoms with Gasteiger partial charge in [-0.2, -0.15) is 0 Å². The summed E-state index contributed by atoms with van der Waals surface area (Å²) in [6.45, 7) is 2.75. The van der Waals surface area contributed by atoms with Crippen LogP contribution in [0.15, 0.2) is 53.7 Å². The van der Waals surface area contributed by atoms with E-state index in [0.29, 0.717) is 6.61 Å². The summed E-state index contributed by atoms with van der Waals surface area (Å²) in [6.07, 6.45) is 0.934. The SMILES string of the molecule is COc1ccc(OCCCSc2nnc(-c3cccc(C)c3)n2C)cc1. The molecular weight excluding hydrogens is 346 g/mol. The van der Waals surface area contributed by atoms with Gasteiger partial charge in [-0.3, -0.25) is 0 Å². The predicted octanol–water partition coefficient (Wildman–Crippen LogP) is 4.36. The summed E-state index contributed by atoms with van der Waals surface area (Å²) in [4.78, 5) is 0. The molecule has 0 N–H and O–H groups in total. The average molecular weight is 369 g/mol. The van der Waals surface area contributed by atoms with Gasteiger partial charge in [0.25, 0.3) is 0 Å². The van der Waals surface area contributed by atoms with E-state index in [1.807, 2.05) is 41.9 Å². The van der Waals surface area contributed by atoms with E-state index >= 15 is 0 Å². The lowest BCUT2D eigenvalue weighted by Gasteiger charge is -2.07. The van der Waals surface area contributed by atoms with Crippen molar-refractivity contribution >= 4 is 11.8 Å². The normalized spacial score (nSPS) is 10.7. The Morgan fingerprint density at radius 2 is 1.81 bits per heavy atom. The first-order chi connectivity index (χ1) is 12.7. The molecule has 1 heterocycles. The monoisotopic (exact) mass is 369 g/mol. The van der Waals surface area contributed by atoms with Gasteiger partial charge in [0, 0.05) is 18.4 Å². The van der Waals surface area contributed by atoms with E-state index in [4.69, 9.17) is 9.47 Å². The molecule has 3 aromatic rings. The molecule has 0 fully saturated rings. The average Bonchev–Trinajstić information content (AvgIpc) is 3.02. The zero-order valence-electron chi connectivity index (χ0n) is 15.3. The second-order valence-electron chi connectivity index (χ2n) is 5.96. The Morgan fingerprint density at radius 3 is 2.54 bits per heavy atom. The molecule has 0 saturated carbocycles. The van der Waals surface area contributed by atoms with Gasteiger partial charge in [-0.25, -0.2) is 0 Å². The van der Waals surface area contributed by atoms with Crippen molar-refractivity contribution in [3.8, 4) is 22.9 Å². The molecule has 2 aromatic carbocycles. The number of aromatic nitrogens is 3. The standard InChI is InChI=1S/C20H23N3O2S/c1-15-6-4-7-16(14-15)19-21-22-20(23(19)2)26-13-5-12-25-18-10-8-17(24-3)9-11-18/h4,6-11,14H,5,12-13H2,1-3H3. The van der Waals surface area contributed by atoms with Crippen LogP contribution in [-0.2, 0) is 7.05 Å². The van der Waals surface area contributed by atoms with Crippen molar-refractivity contribution in [3.05, 3.63) is 54.1 Å². The van der Waals surface area contributed by atoms with Gasteiger partial charge >= 0.3 is 0 Å². The lowest BCUT2D eigenvalue weighted by atomic mass is 10.1. The Hall–Kier alpha value is -2.47. The number of aryl methyl sites for hydroxylation is 1. The highest BCUT2D eigenvalue weighted by Gasteiger charge is 2.11. The van der Waals surface area contributed by atoms with Crippen LogP contribution in [0.4, 0.5) is 0 Å². The smallest absolute Gasteiger partial charge is 0.191 e. The van der Waals surface area contributed by atoms with Gasteiger partial charge in [0.15, 0.2) is 11.0 Å². The van der Waals surface area contributed by atoms with Gasteiger partial charge in [0.1, 0.15) is 11.5 Å². The molecular formula is C20H23N3O2S. The maximum absolute atomic E-state index is 5.75. The molecule has 0 spiro atoms. The molecule has 1 aromatic heterocycles. The van der Waals surface area contributed by atoms with Gasteiger partial charge in [-0.15, -0.1) is 10.2 Å². The topological polar surface area (TPSA) is 49.2 Å². The Labute approximate surface area is 158 Å². The van der Waals surface area contributed by atoms with Crippen LogP contribution in [0.1, 0.15) is 12.0 Å². The molecule has 0 aliphatic rings. The molecule has 0 radical (unpaired) electrons. The molecule has 136 valence electrons. The van der Waals surface area contributed by atoms with Crippen molar-refractivity contribution in [2.75, 3.05) is 19.5 Å². The number of hydrogen-bond acceptors (Lipinski definition) is 5. The summed E-state index contributed by atoms with van der Waals surface area (Å²) in [7, 11) is 3.66. The second kappa shape index (κ2) is 8.76. The Kier molecular flexibility index (Phi) is 6.17. The Balaban J connectivity index is 1.48. The second-order valence-corrected chi connectivity index (χ2v) is 7.02. The van der Waals surface area contributed by atoms with E-state index in [2.05, 4.69) is 35.3 Å². The van der Waals surface area contributed by atoms with Crippen molar-refractivity contribution < 1.29 is 9.47 Å². The van der Waals surface area contributed by atoms with E-state index in [0.717, 1.165) is 40.2 Å². The summed E-state index contributed by atoms with van der Waals surface area (Å²) >= 11 is 1.70. The van der Waals surface area contributed by atoms with Crippen LogP contribution >= 0.6 is 11.8 Å². The molecule has 0 aliphatic carbocycles. The molecule has 0 saturated heterocycles. The van der Waals surface area contributed by atoms with Crippen molar-refractivity contribution in [1.29, 1.82) is 0 Å². The van der Waals surface area contributed by atoms with E-state index in [-0.39, 0.29) is 0 Å². The third kappa shape index (κ3) is 4.58. The van der Waals surface area contributed by atoms with Gasteiger partial charge in [0.2, 0.25) is 0 Å². The first kappa shape index (κ1) is 18.3. The van der Waals surface area contributed by atoms with Gasteiger partial charge < -0.3 is 14.0 Å². The van der Waals surface area contributed by atoms with E-state index in [1.54, 1.807) is 18.9 Å². The first-order valence-electron chi connectivity index (χ1n) is 8.53. The van der Waals surface area contributed by atoms with Crippen LogP contribution in [0.25, 0.3) is 11.4 Å². The fourth-order valence-corrected chi connectivity index (χ4v) is 3.38. The zero-order valence-corrected chi connectivity index (χ0v) is 16.1. The molecule has 3 rings (SSSR count). The highest BCUT2D eigenvalue weighted by Crippen LogP contribution is 2.24. The van der Waals surface area contributed by atoms with Gasteiger partial charge in [-0.1, -0.05) is 35.5 Å². The molecule has 6 heteroatoms. The number of benzene rings is 2. The van der Waals surface area contributed by atoms with Crippen LogP contribution in [0.5, 0.6) is 11.5 Å². The molecule has 26 heavy (non-hydrogen) atoms. The van der Waals surface area contributed by atoms with Crippen LogP contribution in [0.3, 0.4) is 0 Å². The summed E-state index contributed by atoms with van der Waals surface area (Å²) in [5.41, 5.74) is 2.31. The Bertz CT molecular complexity index is 847. The summed E-state index contributed by atoms with van der Waals surface area (Å²) in [5, 5.41) is 9.58. The van der Waals surface area contributed by atoms with Gasteiger partial charge in [0.05, 0.1) is 13.7 Å². The maximum Gasteiger partial charge on any atom is 0.191 e. The summed E-state index contributed by atoms with van der Waals surface area (Å²) in [5.74, 6) is 3.51. The van der Waals surface area contributed by atoms with Gasteiger partial charge in [-0.05, 0) is 43.7 Å². The van der Waals surface area contributed by atoms with Crippen molar-refractivity contribution in [2.45, 2.75) is 18.5 Å². The minimum atomic E-state index is 0.669. The number of thioether (sulfide) groups is 1. The van der Waals surface area contributed by atoms with Crippen molar-refractivity contribution in [3.63, 3.8) is 0 Å². The molecule has 0 aliphatic heterocycles. The van der Waals surface area contributed by atoms with Crippen LogP contribution in [-0.4, -0.2) is 34.2 Å². The van der Waals surface area contributed by atoms with Crippen LogP contribution in [0.2, 0.25) is 0 Å². The quantitative estimate of drug-likeness (QED) is 0.436. The molecule has 0 bridgehead atoms. The lowest BCUT2D eigenvalue weighted by Crippen LogP contribution is -2.00. The van der Waals surface area contributed by atoms with Crippen molar-refractivity contribution in [2.24, 2.45) is 7.05 Å². The molecule has 0 unspecified atom stereocenters. The fraction of sp³-hybridized carbons (Fsp3) is 0.300. The Morgan fingerprint density at radius 1 is 1.04 bits per heavy atom. The third-order valence-electron chi connectivity index (χ3n) is 3.96. The number of rotatable bonds is 8. The predicted molar refractivity (Wildman–Crippen MR) is 105 cm³/mol. The maximum atomic E-state index is 5.75. The number of ether oxygens (including phenoxy) is 2. The number of methoxy groups -OCH3 is 1. The highest BCUT2D eigenvalue weighted by molar-refractivity contribution is 7.99.